The highest BCUT2D eigenvalue weighted by Gasteiger charge is 2.37. The summed E-state index contributed by atoms with van der Waals surface area (Å²) in [4.78, 5) is 36.4. The molecule has 0 spiro atoms. The predicted molar refractivity (Wildman–Crippen MR) is 113 cm³/mol. The van der Waals surface area contributed by atoms with Gasteiger partial charge in [-0.1, -0.05) is 19.9 Å². The monoisotopic (exact) mass is 427 g/mol. The summed E-state index contributed by atoms with van der Waals surface area (Å²) >= 11 is 0. The van der Waals surface area contributed by atoms with Crippen molar-refractivity contribution < 1.29 is 18.7 Å². The van der Waals surface area contributed by atoms with Crippen molar-refractivity contribution in [3.05, 3.63) is 47.4 Å². The Morgan fingerprint density at radius 1 is 1.29 bits per heavy atom. The summed E-state index contributed by atoms with van der Waals surface area (Å²) in [6.07, 6.45) is 3.05. The molecular formula is C22H26FN5O3. The summed E-state index contributed by atoms with van der Waals surface area (Å²) in [6, 6.07) is 6.16. The lowest BCUT2D eigenvalue weighted by atomic mass is 10.0. The molecule has 0 saturated carbocycles. The largest absolute Gasteiger partial charge is 0.447 e. The Bertz CT molecular complexity index is 977. The Kier molecular flexibility index (Phi) is 6.01. The highest BCUT2D eigenvalue weighted by atomic mass is 19.1. The third kappa shape index (κ3) is 4.45. The van der Waals surface area contributed by atoms with E-state index in [0.717, 1.165) is 12.8 Å². The van der Waals surface area contributed by atoms with Crippen LogP contribution in [-0.2, 0) is 11.3 Å². The van der Waals surface area contributed by atoms with Gasteiger partial charge in [-0.2, -0.15) is 4.98 Å². The average Bonchev–Trinajstić information content (AvgIpc) is 3.42. The van der Waals surface area contributed by atoms with Gasteiger partial charge in [-0.25, -0.2) is 14.2 Å². The zero-order valence-corrected chi connectivity index (χ0v) is 17.7. The van der Waals surface area contributed by atoms with Crippen LogP contribution in [0.2, 0.25) is 0 Å². The van der Waals surface area contributed by atoms with Crippen LogP contribution >= 0.6 is 0 Å². The van der Waals surface area contributed by atoms with Gasteiger partial charge in [0, 0.05) is 25.8 Å². The molecule has 3 heterocycles. The molecule has 4 rings (SSSR count). The molecular weight excluding hydrogens is 401 g/mol. The van der Waals surface area contributed by atoms with E-state index in [2.05, 4.69) is 15.3 Å². The van der Waals surface area contributed by atoms with Crippen molar-refractivity contribution in [1.82, 2.24) is 14.9 Å². The second-order valence-electron chi connectivity index (χ2n) is 8.16. The van der Waals surface area contributed by atoms with Gasteiger partial charge in [0.1, 0.15) is 18.2 Å². The van der Waals surface area contributed by atoms with E-state index in [1.165, 1.54) is 17.0 Å². The number of aromatic nitrogens is 2. The molecule has 1 atom stereocenters. The Morgan fingerprint density at radius 2 is 2.06 bits per heavy atom. The van der Waals surface area contributed by atoms with Crippen LogP contribution in [0.4, 0.5) is 21.0 Å². The van der Waals surface area contributed by atoms with Crippen LogP contribution in [0.3, 0.4) is 0 Å². The molecule has 0 bridgehead atoms. The molecule has 1 aromatic carbocycles. The Morgan fingerprint density at radius 3 is 2.77 bits per heavy atom. The Labute approximate surface area is 180 Å². The number of cyclic esters (lactones) is 1. The topological polar surface area (TPSA) is 87.7 Å². The molecule has 1 unspecified atom stereocenters. The number of hydrogen-bond acceptors (Lipinski definition) is 6. The third-order valence-electron chi connectivity index (χ3n) is 5.67. The minimum atomic E-state index is -0.537. The van der Waals surface area contributed by atoms with Crippen LogP contribution in [-0.4, -0.2) is 52.6 Å². The number of nitrogens with one attached hydrogen (secondary N) is 1. The summed E-state index contributed by atoms with van der Waals surface area (Å²) in [5.74, 6) is 0.185. The SMILES string of the molecule is CC(C)C1COC(=O)N1c1ccnc(NCc2ccc(C(=O)N3CCCC3)c(F)c2)n1. The fourth-order valence-electron chi connectivity index (χ4n) is 3.87. The number of halogens is 1. The standard InChI is InChI=1S/C22H26FN5O3/c1-14(2)18-13-31-22(30)28(18)19-7-8-24-21(26-19)25-12-15-5-6-16(17(23)11-15)20(29)27-9-3-4-10-27/h5-8,11,14,18H,3-4,9-10,12-13H2,1-2H3,(H,24,25,26). The van der Waals surface area contributed by atoms with E-state index < -0.39 is 11.9 Å². The fourth-order valence-corrected chi connectivity index (χ4v) is 3.87. The lowest BCUT2D eigenvalue weighted by Gasteiger charge is -2.23. The summed E-state index contributed by atoms with van der Waals surface area (Å²) in [7, 11) is 0. The number of likely N-dealkylation sites (tertiary alicyclic amines) is 1. The van der Waals surface area contributed by atoms with E-state index in [4.69, 9.17) is 4.74 Å². The molecule has 8 nitrogen and oxygen atoms in total. The van der Waals surface area contributed by atoms with E-state index in [9.17, 15) is 14.0 Å². The number of hydrogen-bond donors (Lipinski definition) is 1. The van der Waals surface area contributed by atoms with E-state index in [1.807, 2.05) is 13.8 Å². The second kappa shape index (κ2) is 8.87. The molecule has 1 N–H and O–H groups in total. The van der Waals surface area contributed by atoms with Gasteiger partial charge in [0.2, 0.25) is 5.95 Å². The van der Waals surface area contributed by atoms with Crippen LogP contribution in [0.25, 0.3) is 0 Å². The lowest BCUT2D eigenvalue weighted by molar-refractivity contribution is 0.0788. The van der Waals surface area contributed by atoms with Gasteiger partial charge >= 0.3 is 6.09 Å². The van der Waals surface area contributed by atoms with Crippen molar-refractivity contribution in [2.24, 2.45) is 5.92 Å². The summed E-state index contributed by atoms with van der Waals surface area (Å²) in [5, 5.41) is 3.05. The lowest BCUT2D eigenvalue weighted by Crippen LogP contribution is -2.37. The number of anilines is 2. The van der Waals surface area contributed by atoms with Gasteiger partial charge < -0.3 is 15.0 Å². The molecule has 2 aliphatic rings. The van der Waals surface area contributed by atoms with E-state index in [-0.39, 0.29) is 30.0 Å². The van der Waals surface area contributed by atoms with Gasteiger partial charge in [0.05, 0.1) is 11.6 Å². The maximum absolute atomic E-state index is 14.5. The Hall–Kier alpha value is -3.23. The van der Waals surface area contributed by atoms with E-state index in [0.29, 0.717) is 37.0 Å². The summed E-state index contributed by atoms with van der Waals surface area (Å²) < 4.78 is 19.7. The molecule has 2 amide bonds. The smallest absolute Gasteiger partial charge is 0.415 e. The number of nitrogens with zero attached hydrogens (tertiary/aromatic N) is 4. The zero-order chi connectivity index (χ0) is 22.0. The number of amides is 2. The normalized spacial score (nSPS) is 18.6. The predicted octanol–water partition coefficient (Wildman–Crippen LogP) is 3.45. The maximum atomic E-state index is 14.5. The first-order valence-electron chi connectivity index (χ1n) is 10.5. The second-order valence-corrected chi connectivity index (χ2v) is 8.16. The summed E-state index contributed by atoms with van der Waals surface area (Å²) in [5.41, 5.74) is 0.751. The first-order valence-corrected chi connectivity index (χ1v) is 10.5. The minimum Gasteiger partial charge on any atom is -0.447 e. The molecule has 164 valence electrons. The van der Waals surface area contributed by atoms with Gasteiger partial charge in [-0.05, 0) is 42.5 Å². The molecule has 1 aromatic heterocycles. The van der Waals surface area contributed by atoms with Crippen molar-refractivity contribution in [3.63, 3.8) is 0 Å². The number of ether oxygens (including phenoxy) is 1. The van der Waals surface area contributed by atoms with Crippen LogP contribution in [0.5, 0.6) is 0 Å². The molecule has 2 aliphatic heterocycles. The van der Waals surface area contributed by atoms with Crippen molar-refractivity contribution in [2.75, 3.05) is 29.9 Å². The number of carbonyl (C=O) groups excluding carboxylic acids is 2. The zero-order valence-electron chi connectivity index (χ0n) is 17.7. The first-order chi connectivity index (χ1) is 14.9. The van der Waals surface area contributed by atoms with Crippen molar-refractivity contribution in [2.45, 2.75) is 39.3 Å². The quantitative estimate of drug-likeness (QED) is 0.760. The highest BCUT2D eigenvalue weighted by Crippen LogP contribution is 2.26. The first kappa shape index (κ1) is 21.0. The number of benzene rings is 1. The van der Waals surface area contributed by atoms with Gasteiger partial charge in [0.25, 0.3) is 5.91 Å². The molecule has 2 fully saturated rings. The van der Waals surface area contributed by atoms with Crippen molar-refractivity contribution >= 4 is 23.8 Å². The Balaban J connectivity index is 1.44. The van der Waals surface area contributed by atoms with Gasteiger partial charge in [0.15, 0.2) is 0 Å². The summed E-state index contributed by atoms with van der Waals surface area (Å²) in [6.45, 7) is 6.00. The van der Waals surface area contributed by atoms with Gasteiger partial charge in [-0.3, -0.25) is 9.69 Å². The van der Waals surface area contributed by atoms with E-state index >= 15 is 0 Å². The van der Waals surface area contributed by atoms with Crippen LogP contribution < -0.4 is 10.2 Å². The minimum absolute atomic E-state index is 0.0926. The van der Waals surface area contributed by atoms with Crippen LogP contribution in [0.15, 0.2) is 30.5 Å². The van der Waals surface area contributed by atoms with Crippen LogP contribution in [0.1, 0.15) is 42.6 Å². The number of rotatable bonds is 6. The third-order valence-corrected chi connectivity index (χ3v) is 5.67. The maximum Gasteiger partial charge on any atom is 0.415 e. The molecule has 9 heteroatoms. The van der Waals surface area contributed by atoms with Crippen molar-refractivity contribution in [1.29, 1.82) is 0 Å². The number of carbonyl (C=O) groups is 2. The molecule has 2 saturated heterocycles. The van der Waals surface area contributed by atoms with Crippen LogP contribution in [0, 0.1) is 11.7 Å². The van der Waals surface area contributed by atoms with Crippen molar-refractivity contribution in [3.8, 4) is 0 Å². The molecule has 31 heavy (non-hydrogen) atoms. The van der Waals surface area contributed by atoms with E-state index in [1.54, 1.807) is 23.2 Å². The van der Waals surface area contributed by atoms with Gasteiger partial charge in [-0.15, -0.1) is 0 Å². The molecule has 2 aromatic rings. The fraction of sp³-hybridized carbons (Fsp3) is 0.455. The highest BCUT2D eigenvalue weighted by molar-refractivity contribution is 5.94. The average molecular weight is 427 g/mol. The molecule has 0 aliphatic carbocycles. The molecule has 0 radical (unpaired) electrons.